The Hall–Kier alpha value is -1.32. The van der Waals surface area contributed by atoms with Crippen molar-refractivity contribution in [2.45, 2.75) is 65.8 Å². The minimum atomic E-state index is 0.507. The molecule has 0 saturated heterocycles. The second kappa shape index (κ2) is 6.42. The highest BCUT2D eigenvalue weighted by Crippen LogP contribution is 2.36. The Bertz CT molecular complexity index is 432. The number of aryl methyl sites for hydroxylation is 1. The number of hydrogen-bond acceptors (Lipinski definition) is 4. The van der Waals surface area contributed by atoms with Gasteiger partial charge in [0, 0.05) is 25.1 Å². The van der Waals surface area contributed by atoms with Crippen molar-refractivity contribution < 1.29 is 0 Å². The van der Waals surface area contributed by atoms with Gasteiger partial charge in [0.1, 0.15) is 17.5 Å². The lowest BCUT2D eigenvalue weighted by atomic mass is 9.75. The third-order valence-corrected chi connectivity index (χ3v) is 4.14. The summed E-state index contributed by atoms with van der Waals surface area (Å²) in [4.78, 5) is 9.10. The van der Waals surface area contributed by atoms with Gasteiger partial charge in [-0.1, -0.05) is 20.8 Å². The van der Waals surface area contributed by atoms with Gasteiger partial charge in [-0.05, 0) is 38.0 Å². The third-order valence-electron chi connectivity index (χ3n) is 4.14. The topological polar surface area (TPSA) is 49.8 Å². The van der Waals surface area contributed by atoms with Gasteiger partial charge in [-0.2, -0.15) is 0 Å². The van der Waals surface area contributed by atoms with Crippen molar-refractivity contribution in [2.24, 2.45) is 5.41 Å². The first-order valence-corrected chi connectivity index (χ1v) is 7.91. The van der Waals surface area contributed by atoms with Crippen molar-refractivity contribution in [2.75, 3.05) is 17.2 Å². The van der Waals surface area contributed by atoms with Crippen molar-refractivity contribution in [3.05, 3.63) is 11.9 Å². The summed E-state index contributed by atoms with van der Waals surface area (Å²) >= 11 is 0. The first kappa shape index (κ1) is 15.1. The van der Waals surface area contributed by atoms with Crippen LogP contribution in [0.1, 0.15) is 59.2 Å². The van der Waals surface area contributed by atoms with Crippen LogP contribution in [-0.4, -0.2) is 22.6 Å². The lowest BCUT2D eigenvalue weighted by Crippen LogP contribution is -2.30. The summed E-state index contributed by atoms with van der Waals surface area (Å²) in [6.07, 6.45) is 5.91. The van der Waals surface area contributed by atoms with Crippen LogP contribution < -0.4 is 10.6 Å². The first-order chi connectivity index (χ1) is 9.52. The summed E-state index contributed by atoms with van der Waals surface area (Å²) in [5.41, 5.74) is 0.507. The van der Waals surface area contributed by atoms with E-state index in [1.165, 1.54) is 25.7 Å². The van der Waals surface area contributed by atoms with Crippen molar-refractivity contribution >= 4 is 11.6 Å². The van der Waals surface area contributed by atoms with Crippen LogP contribution in [0.3, 0.4) is 0 Å². The standard InChI is InChI=1S/C16H28N4/c1-5-13-19-14(17-6-2)11-15(20-13)18-12-7-9-16(3,4)10-8-12/h11-12H,5-10H2,1-4H3,(H2,17,18,19,20). The van der Waals surface area contributed by atoms with Crippen LogP contribution in [0, 0.1) is 5.41 Å². The van der Waals surface area contributed by atoms with Crippen LogP contribution in [0.5, 0.6) is 0 Å². The Balaban J connectivity index is 2.03. The second-order valence-electron chi connectivity index (χ2n) is 6.52. The van der Waals surface area contributed by atoms with Gasteiger partial charge in [0.2, 0.25) is 0 Å². The maximum absolute atomic E-state index is 4.60. The van der Waals surface area contributed by atoms with Crippen LogP contribution in [-0.2, 0) is 6.42 Å². The van der Waals surface area contributed by atoms with E-state index < -0.39 is 0 Å². The van der Waals surface area contributed by atoms with Gasteiger partial charge < -0.3 is 10.6 Å². The van der Waals surface area contributed by atoms with Crippen molar-refractivity contribution in [3.63, 3.8) is 0 Å². The molecule has 2 rings (SSSR count). The molecular weight excluding hydrogens is 248 g/mol. The number of anilines is 2. The highest BCUT2D eigenvalue weighted by Gasteiger charge is 2.26. The second-order valence-corrected chi connectivity index (χ2v) is 6.52. The average Bonchev–Trinajstić information content (AvgIpc) is 2.41. The average molecular weight is 276 g/mol. The van der Waals surface area contributed by atoms with Gasteiger partial charge in [0.15, 0.2) is 0 Å². The molecule has 4 heteroatoms. The van der Waals surface area contributed by atoms with Crippen LogP contribution in [0.4, 0.5) is 11.6 Å². The maximum Gasteiger partial charge on any atom is 0.132 e. The highest BCUT2D eigenvalue weighted by atomic mass is 15.1. The van der Waals surface area contributed by atoms with Gasteiger partial charge in [0.05, 0.1) is 0 Å². The largest absolute Gasteiger partial charge is 0.370 e. The Morgan fingerprint density at radius 2 is 1.80 bits per heavy atom. The predicted molar refractivity (Wildman–Crippen MR) is 85.2 cm³/mol. The zero-order valence-corrected chi connectivity index (χ0v) is 13.3. The molecule has 1 aliphatic rings. The van der Waals surface area contributed by atoms with E-state index >= 15 is 0 Å². The third kappa shape index (κ3) is 4.09. The Labute approximate surface area is 122 Å². The van der Waals surface area contributed by atoms with Crippen molar-refractivity contribution in [1.29, 1.82) is 0 Å². The molecule has 0 amide bonds. The molecule has 0 spiro atoms. The molecule has 0 bridgehead atoms. The quantitative estimate of drug-likeness (QED) is 0.857. The fourth-order valence-electron chi connectivity index (χ4n) is 2.75. The maximum atomic E-state index is 4.60. The molecule has 0 aliphatic heterocycles. The van der Waals surface area contributed by atoms with Gasteiger partial charge in [0.25, 0.3) is 0 Å². The van der Waals surface area contributed by atoms with E-state index in [2.05, 4.69) is 48.3 Å². The summed E-state index contributed by atoms with van der Waals surface area (Å²) < 4.78 is 0. The van der Waals surface area contributed by atoms with Gasteiger partial charge in [-0.15, -0.1) is 0 Å². The molecule has 112 valence electrons. The molecule has 1 fully saturated rings. The summed E-state index contributed by atoms with van der Waals surface area (Å²) in [5.74, 6) is 2.80. The van der Waals surface area contributed by atoms with Crippen molar-refractivity contribution in [3.8, 4) is 0 Å². The van der Waals surface area contributed by atoms with E-state index in [9.17, 15) is 0 Å². The molecule has 4 nitrogen and oxygen atoms in total. The predicted octanol–water partition coefficient (Wildman–Crippen LogP) is 3.85. The van der Waals surface area contributed by atoms with Gasteiger partial charge in [-0.3, -0.25) is 0 Å². The molecular formula is C16H28N4. The Kier molecular flexibility index (Phi) is 4.84. The van der Waals surface area contributed by atoms with Crippen LogP contribution in [0.25, 0.3) is 0 Å². The fraction of sp³-hybridized carbons (Fsp3) is 0.750. The summed E-state index contributed by atoms with van der Waals surface area (Å²) in [7, 11) is 0. The lowest BCUT2D eigenvalue weighted by Gasteiger charge is -2.34. The Morgan fingerprint density at radius 1 is 1.15 bits per heavy atom. The zero-order valence-electron chi connectivity index (χ0n) is 13.3. The molecule has 0 radical (unpaired) electrons. The van der Waals surface area contributed by atoms with Gasteiger partial charge in [-0.25, -0.2) is 9.97 Å². The fourth-order valence-corrected chi connectivity index (χ4v) is 2.75. The molecule has 1 saturated carbocycles. The molecule has 1 aliphatic carbocycles. The summed E-state index contributed by atoms with van der Waals surface area (Å²) in [5, 5.41) is 6.88. The molecule has 20 heavy (non-hydrogen) atoms. The number of nitrogens with zero attached hydrogens (tertiary/aromatic N) is 2. The number of rotatable bonds is 5. The number of hydrogen-bond donors (Lipinski definition) is 2. The molecule has 2 N–H and O–H groups in total. The smallest absolute Gasteiger partial charge is 0.132 e. The van der Waals surface area contributed by atoms with E-state index in [1.807, 2.05) is 6.07 Å². The van der Waals surface area contributed by atoms with E-state index in [0.717, 1.165) is 30.4 Å². The minimum Gasteiger partial charge on any atom is -0.370 e. The van der Waals surface area contributed by atoms with E-state index in [-0.39, 0.29) is 0 Å². The molecule has 1 heterocycles. The molecule has 0 unspecified atom stereocenters. The summed E-state index contributed by atoms with van der Waals surface area (Å²) in [6, 6.07) is 2.58. The van der Waals surface area contributed by atoms with E-state index in [4.69, 9.17) is 0 Å². The zero-order chi connectivity index (χ0) is 14.6. The normalized spacial score (nSPS) is 18.8. The number of nitrogens with one attached hydrogen (secondary N) is 2. The molecule has 1 aromatic heterocycles. The Morgan fingerprint density at radius 3 is 2.40 bits per heavy atom. The monoisotopic (exact) mass is 276 g/mol. The van der Waals surface area contributed by atoms with Crippen LogP contribution >= 0.6 is 0 Å². The van der Waals surface area contributed by atoms with E-state index in [0.29, 0.717) is 11.5 Å². The minimum absolute atomic E-state index is 0.507. The SMILES string of the molecule is CCNc1cc(NC2CCC(C)(C)CC2)nc(CC)n1. The summed E-state index contributed by atoms with van der Waals surface area (Å²) in [6.45, 7) is 9.80. The van der Waals surface area contributed by atoms with Crippen LogP contribution in [0.2, 0.25) is 0 Å². The molecule has 0 aromatic carbocycles. The van der Waals surface area contributed by atoms with E-state index in [1.54, 1.807) is 0 Å². The highest BCUT2D eigenvalue weighted by molar-refractivity contribution is 5.48. The lowest BCUT2D eigenvalue weighted by molar-refractivity contribution is 0.232. The van der Waals surface area contributed by atoms with Crippen LogP contribution in [0.15, 0.2) is 6.07 Å². The first-order valence-electron chi connectivity index (χ1n) is 7.91. The number of aromatic nitrogens is 2. The van der Waals surface area contributed by atoms with Gasteiger partial charge >= 0.3 is 0 Å². The molecule has 1 aromatic rings. The molecule has 0 atom stereocenters. The van der Waals surface area contributed by atoms with Crippen molar-refractivity contribution in [1.82, 2.24) is 9.97 Å².